The minimum Gasteiger partial charge on any atom is -0.366 e. The summed E-state index contributed by atoms with van der Waals surface area (Å²) in [7, 11) is -3.55. The van der Waals surface area contributed by atoms with Crippen molar-refractivity contribution in [2.75, 3.05) is 10.5 Å². The van der Waals surface area contributed by atoms with Crippen LogP contribution in [0.15, 0.2) is 79.1 Å². The molecule has 3 aromatic rings. The minimum atomic E-state index is -3.55. The summed E-state index contributed by atoms with van der Waals surface area (Å²) in [4.78, 5) is 5.90. The van der Waals surface area contributed by atoms with Gasteiger partial charge in [-0.05, 0) is 29.3 Å². The monoisotopic (exact) mass is 471 g/mol. The Morgan fingerprint density at radius 3 is 2.45 bits per heavy atom. The van der Waals surface area contributed by atoms with Crippen molar-refractivity contribution in [1.82, 2.24) is 9.88 Å². The quantitative estimate of drug-likeness (QED) is 0.509. The molecule has 1 saturated heterocycles. The number of sulfonamides is 1. The maximum absolute atomic E-state index is 12.5. The molecule has 0 bridgehead atoms. The van der Waals surface area contributed by atoms with Gasteiger partial charge in [-0.2, -0.15) is 0 Å². The van der Waals surface area contributed by atoms with Crippen LogP contribution in [0.2, 0.25) is 0 Å². The summed E-state index contributed by atoms with van der Waals surface area (Å²) in [6.07, 6.45) is 3.45. The molecular formula is C22H21N3O3S3. The molecule has 1 aliphatic rings. The molecule has 0 spiro atoms. The lowest BCUT2D eigenvalue weighted by molar-refractivity contribution is -0.0508. The van der Waals surface area contributed by atoms with Crippen LogP contribution in [0.4, 0.5) is 5.69 Å². The van der Waals surface area contributed by atoms with Gasteiger partial charge in [0.1, 0.15) is 4.32 Å². The van der Waals surface area contributed by atoms with Gasteiger partial charge >= 0.3 is 0 Å². The zero-order valence-corrected chi connectivity index (χ0v) is 19.0. The van der Waals surface area contributed by atoms with Gasteiger partial charge in [0.25, 0.3) is 0 Å². The molecule has 0 amide bonds. The maximum Gasteiger partial charge on any atom is 0.236 e. The largest absolute Gasteiger partial charge is 0.366 e. The molecule has 4 rings (SSSR count). The second-order valence-electron chi connectivity index (χ2n) is 7.24. The van der Waals surface area contributed by atoms with Crippen molar-refractivity contribution in [1.29, 1.82) is 0 Å². The number of nitrogens with zero attached hydrogens (tertiary/aromatic N) is 2. The van der Waals surface area contributed by atoms with Crippen LogP contribution in [0.5, 0.6) is 0 Å². The van der Waals surface area contributed by atoms with E-state index in [0.717, 1.165) is 5.56 Å². The van der Waals surface area contributed by atoms with Crippen molar-refractivity contribution >= 4 is 44.0 Å². The molecule has 2 aromatic carbocycles. The first-order valence-electron chi connectivity index (χ1n) is 9.56. The van der Waals surface area contributed by atoms with Crippen molar-refractivity contribution in [3.8, 4) is 0 Å². The standard InChI is InChI=1S/C22H21N3O3S3/c26-22(16-30-21(29)25(22)14-18-7-4-12-23-13-18)19-8-10-20(11-9-19)24-31(27,28)15-17-5-2-1-3-6-17/h1-13,24,26H,14-16H2. The van der Waals surface area contributed by atoms with Gasteiger partial charge in [-0.25, -0.2) is 8.42 Å². The van der Waals surface area contributed by atoms with E-state index in [1.807, 2.05) is 30.3 Å². The summed E-state index contributed by atoms with van der Waals surface area (Å²) in [5, 5.41) is 11.4. The summed E-state index contributed by atoms with van der Waals surface area (Å²) >= 11 is 6.88. The zero-order valence-electron chi connectivity index (χ0n) is 16.5. The van der Waals surface area contributed by atoms with Gasteiger partial charge in [-0.1, -0.05) is 72.5 Å². The number of anilines is 1. The predicted molar refractivity (Wildman–Crippen MR) is 128 cm³/mol. The molecule has 1 aliphatic heterocycles. The highest BCUT2D eigenvalue weighted by Crippen LogP contribution is 2.40. The third-order valence-electron chi connectivity index (χ3n) is 4.95. The Bertz CT molecular complexity index is 1160. The van der Waals surface area contributed by atoms with Crippen LogP contribution in [0, 0.1) is 0 Å². The molecule has 1 atom stereocenters. The number of rotatable bonds is 7. The van der Waals surface area contributed by atoms with Crippen molar-refractivity contribution in [2.24, 2.45) is 0 Å². The van der Waals surface area contributed by atoms with Crippen LogP contribution >= 0.6 is 24.0 Å². The molecule has 1 aromatic heterocycles. The van der Waals surface area contributed by atoms with Crippen molar-refractivity contribution in [3.05, 3.63) is 95.8 Å². The fourth-order valence-electron chi connectivity index (χ4n) is 3.39. The first kappa shape index (κ1) is 21.8. The van der Waals surface area contributed by atoms with Gasteiger partial charge < -0.3 is 10.0 Å². The minimum absolute atomic E-state index is 0.108. The summed E-state index contributed by atoms with van der Waals surface area (Å²) in [5.74, 6) is 0.286. The first-order valence-corrected chi connectivity index (χ1v) is 12.6. The lowest BCUT2D eigenvalue weighted by atomic mass is 10.0. The fraction of sp³-hybridized carbons (Fsp3) is 0.182. The SMILES string of the molecule is O=S(=O)(Cc1ccccc1)Nc1ccc(C2(O)CSC(=S)N2Cc2cccnc2)cc1. The Morgan fingerprint density at radius 2 is 1.77 bits per heavy atom. The molecule has 160 valence electrons. The topological polar surface area (TPSA) is 82.5 Å². The molecule has 1 unspecified atom stereocenters. The summed E-state index contributed by atoms with van der Waals surface area (Å²) in [6.45, 7) is 0.432. The summed E-state index contributed by atoms with van der Waals surface area (Å²) in [6, 6.07) is 19.6. The van der Waals surface area contributed by atoms with E-state index in [9.17, 15) is 13.5 Å². The van der Waals surface area contributed by atoms with Gasteiger partial charge in [0.05, 0.1) is 11.5 Å². The number of aromatic nitrogens is 1. The fourth-order valence-corrected chi connectivity index (χ4v) is 6.00. The Labute approximate surface area is 191 Å². The molecule has 9 heteroatoms. The zero-order chi connectivity index (χ0) is 21.9. The van der Waals surface area contributed by atoms with E-state index in [0.29, 0.717) is 33.4 Å². The van der Waals surface area contributed by atoms with E-state index < -0.39 is 15.7 Å². The average molecular weight is 472 g/mol. The smallest absolute Gasteiger partial charge is 0.236 e. The maximum atomic E-state index is 12.5. The molecular weight excluding hydrogens is 450 g/mol. The van der Waals surface area contributed by atoms with Crippen molar-refractivity contribution < 1.29 is 13.5 Å². The van der Waals surface area contributed by atoms with Gasteiger partial charge in [-0.15, -0.1) is 0 Å². The second-order valence-corrected chi connectivity index (χ2v) is 10.6. The predicted octanol–water partition coefficient (Wildman–Crippen LogP) is 3.70. The molecule has 0 radical (unpaired) electrons. The molecule has 1 fully saturated rings. The number of hydrogen-bond acceptors (Lipinski definition) is 6. The van der Waals surface area contributed by atoms with Gasteiger partial charge in [0.2, 0.25) is 10.0 Å². The summed E-state index contributed by atoms with van der Waals surface area (Å²) < 4.78 is 28.2. The number of hydrogen-bond donors (Lipinski definition) is 2. The van der Waals surface area contributed by atoms with Gasteiger partial charge in [-0.3, -0.25) is 9.71 Å². The van der Waals surface area contributed by atoms with Crippen LogP contribution in [0.3, 0.4) is 0 Å². The van der Waals surface area contributed by atoms with E-state index in [2.05, 4.69) is 9.71 Å². The number of pyridine rings is 1. The van der Waals surface area contributed by atoms with Gasteiger partial charge in [0.15, 0.2) is 5.72 Å². The van der Waals surface area contributed by atoms with Crippen LogP contribution in [-0.2, 0) is 28.0 Å². The normalized spacial score (nSPS) is 18.9. The molecule has 6 nitrogen and oxygen atoms in total. The number of nitrogens with one attached hydrogen (secondary N) is 1. The van der Waals surface area contributed by atoms with E-state index in [-0.39, 0.29) is 5.75 Å². The number of thiocarbonyl (C=S) groups is 1. The average Bonchev–Trinajstić information content (AvgIpc) is 3.04. The van der Waals surface area contributed by atoms with Crippen LogP contribution in [0.1, 0.15) is 16.7 Å². The highest BCUT2D eigenvalue weighted by Gasteiger charge is 2.44. The van der Waals surface area contributed by atoms with E-state index >= 15 is 0 Å². The molecule has 2 heterocycles. The Morgan fingerprint density at radius 1 is 1.06 bits per heavy atom. The number of benzene rings is 2. The third kappa shape index (κ3) is 5.07. The van der Waals surface area contributed by atoms with E-state index in [4.69, 9.17) is 12.2 Å². The highest BCUT2D eigenvalue weighted by atomic mass is 32.2. The number of thioether (sulfide) groups is 1. The second kappa shape index (κ2) is 8.96. The molecule has 31 heavy (non-hydrogen) atoms. The van der Waals surface area contributed by atoms with E-state index in [1.165, 1.54) is 11.8 Å². The van der Waals surface area contributed by atoms with Crippen molar-refractivity contribution in [2.45, 2.75) is 18.0 Å². The first-order chi connectivity index (χ1) is 14.9. The Hall–Kier alpha value is -2.46. The van der Waals surface area contributed by atoms with Crippen LogP contribution < -0.4 is 4.72 Å². The van der Waals surface area contributed by atoms with Gasteiger partial charge in [0, 0.05) is 30.2 Å². The number of aliphatic hydroxyl groups is 1. The lowest BCUT2D eigenvalue weighted by Gasteiger charge is -2.34. The Balaban J connectivity index is 1.50. The van der Waals surface area contributed by atoms with Crippen molar-refractivity contribution in [3.63, 3.8) is 0 Å². The summed E-state index contributed by atoms with van der Waals surface area (Å²) in [5.41, 5.74) is 1.46. The van der Waals surface area contributed by atoms with E-state index in [1.54, 1.807) is 53.7 Å². The van der Waals surface area contributed by atoms with Crippen LogP contribution in [0.25, 0.3) is 0 Å². The molecule has 0 saturated carbocycles. The lowest BCUT2D eigenvalue weighted by Crippen LogP contribution is -2.44. The third-order valence-corrected chi connectivity index (χ3v) is 7.80. The Kier molecular flexibility index (Phi) is 6.29. The molecule has 2 N–H and O–H groups in total. The van der Waals surface area contributed by atoms with Crippen LogP contribution in [-0.4, -0.2) is 33.5 Å². The molecule has 0 aliphatic carbocycles. The highest BCUT2D eigenvalue weighted by molar-refractivity contribution is 8.23.